The van der Waals surface area contributed by atoms with Crippen LogP contribution in [-0.4, -0.2) is 45.8 Å². The molecule has 136 valence electrons. The van der Waals surface area contributed by atoms with Crippen LogP contribution in [0.15, 0.2) is 17.4 Å². The van der Waals surface area contributed by atoms with E-state index in [1.54, 1.807) is 6.20 Å². The summed E-state index contributed by atoms with van der Waals surface area (Å²) < 4.78 is 25.0. The third-order valence-electron chi connectivity index (χ3n) is 4.39. The summed E-state index contributed by atoms with van der Waals surface area (Å²) in [6, 6.07) is 1.96. The van der Waals surface area contributed by atoms with Crippen molar-refractivity contribution in [3.63, 3.8) is 0 Å². The van der Waals surface area contributed by atoms with Crippen LogP contribution in [0.1, 0.15) is 78.6 Å². The summed E-state index contributed by atoms with van der Waals surface area (Å²) in [5.74, 6) is 0. The zero-order valence-electron chi connectivity index (χ0n) is 15.6. The first kappa shape index (κ1) is 21.9. The van der Waals surface area contributed by atoms with Crippen LogP contribution in [0.5, 0.6) is 0 Å². The fourth-order valence-electron chi connectivity index (χ4n) is 2.97. The number of rotatable bonds is 12. The van der Waals surface area contributed by atoms with Crippen molar-refractivity contribution in [2.75, 3.05) is 6.26 Å². The van der Waals surface area contributed by atoms with Gasteiger partial charge in [0.25, 0.3) is 0 Å². The molecule has 0 amide bonds. The summed E-state index contributed by atoms with van der Waals surface area (Å²) in [5, 5.41) is -0.00345. The standard InChI is InChI=1S/C13H27.C5H5N2O2S.Sn/c1-4-7-10-13(11-8-5-2)12-9-6-3;1-10(8,9)5-6-3-2-4-7-5;/h4-12H2,1-3H3;2-3H,1H3;. The topological polar surface area (TPSA) is 59.9 Å². The minimum atomic E-state index is -3.33. The Balaban J connectivity index is 3.08. The van der Waals surface area contributed by atoms with Crippen molar-refractivity contribution < 1.29 is 8.42 Å². The van der Waals surface area contributed by atoms with Gasteiger partial charge in [0.15, 0.2) is 0 Å². The van der Waals surface area contributed by atoms with E-state index in [0.29, 0.717) is 3.43 Å². The van der Waals surface area contributed by atoms with Gasteiger partial charge < -0.3 is 0 Å². The van der Waals surface area contributed by atoms with Gasteiger partial charge in [0.05, 0.1) is 0 Å². The molecule has 2 radical (unpaired) electrons. The van der Waals surface area contributed by atoms with Gasteiger partial charge in [-0.3, -0.25) is 0 Å². The Morgan fingerprint density at radius 1 is 1.00 bits per heavy atom. The summed E-state index contributed by atoms with van der Waals surface area (Å²) in [7, 11) is -3.33. The van der Waals surface area contributed by atoms with Crippen molar-refractivity contribution in [3.05, 3.63) is 12.3 Å². The Morgan fingerprint density at radius 3 is 1.92 bits per heavy atom. The van der Waals surface area contributed by atoms with E-state index in [-0.39, 0.29) is 5.16 Å². The average Bonchev–Trinajstić information content (AvgIpc) is 2.55. The predicted octanol–water partition coefficient (Wildman–Crippen LogP) is 3.94. The average molecular weight is 459 g/mol. The predicted molar refractivity (Wildman–Crippen MR) is 102 cm³/mol. The third-order valence-corrected chi connectivity index (χ3v) is 10.4. The molecule has 1 aromatic heterocycles. The number of hydrogen-bond donors (Lipinski definition) is 0. The molecule has 0 aliphatic carbocycles. The Hall–Kier alpha value is -0.171. The molecule has 0 aliphatic rings. The first-order chi connectivity index (χ1) is 11.4. The first-order valence-electron chi connectivity index (χ1n) is 9.18. The summed E-state index contributed by atoms with van der Waals surface area (Å²) in [6.45, 7) is 6.76. The Labute approximate surface area is 158 Å². The molecule has 0 bridgehead atoms. The second-order valence-electron chi connectivity index (χ2n) is 6.71. The molecule has 0 fully saturated rings. The SMILES string of the molecule is CCCC[C](CCCC)(CCCC)[Sn][c]1ccnc(S(C)(=O)=O)n1. The Morgan fingerprint density at radius 2 is 1.50 bits per heavy atom. The van der Waals surface area contributed by atoms with Crippen LogP contribution in [0, 0.1) is 0 Å². The molecule has 0 spiro atoms. The summed E-state index contributed by atoms with van der Waals surface area (Å²) in [6.07, 6.45) is 14.1. The molecule has 1 heterocycles. The number of aromatic nitrogens is 2. The molecule has 0 aromatic carbocycles. The van der Waals surface area contributed by atoms with Gasteiger partial charge in [-0.1, -0.05) is 0 Å². The number of sulfone groups is 1. The van der Waals surface area contributed by atoms with Gasteiger partial charge in [0.1, 0.15) is 0 Å². The van der Waals surface area contributed by atoms with E-state index < -0.39 is 31.0 Å². The van der Waals surface area contributed by atoms with Crippen LogP contribution < -0.4 is 3.71 Å². The van der Waals surface area contributed by atoms with E-state index in [4.69, 9.17) is 0 Å². The molecule has 0 saturated heterocycles. The van der Waals surface area contributed by atoms with Gasteiger partial charge in [-0.15, -0.1) is 0 Å². The molecule has 0 aliphatic heterocycles. The van der Waals surface area contributed by atoms with Crippen molar-refractivity contribution in [1.82, 2.24) is 9.97 Å². The van der Waals surface area contributed by atoms with Crippen LogP contribution in [0.2, 0.25) is 3.43 Å². The van der Waals surface area contributed by atoms with Crippen molar-refractivity contribution in [3.8, 4) is 0 Å². The number of nitrogens with zero attached hydrogens (tertiary/aromatic N) is 2. The van der Waals surface area contributed by atoms with Crippen LogP contribution in [0.4, 0.5) is 0 Å². The molecule has 6 heteroatoms. The minimum absolute atomic E-state index is 0.00345. The van der Waals surface area contributed by atoms with E-state index in [1.807, 2.05) is 6.07 Å². The summed E-state index contributed by atoms with van der Waals surface area (Å²) >= 11 is -1.00. The van der Waals surface area contributed by atoms with E-state index in [0.717, 1.165) is 3.71 Å². The van der Waals surface area contributed by atoms with Gasteiger partial charge in [-0.25, -0.2) is 0 Å². The van der Waals surface area contributed by atoms with Gasteiger partial charge >= 0.3 is 159 Å². The quantitative estimate of drug-likeness (QED) is 0.351. The maximum absolute atomic E-state index is 11.8. The van der Waals surface area contributed by atoms with Gasteiger partial charge in [-0.2, -0.15) is 0 Å². The zero-order valence-corrected chi connectivity index (χ0v) is 19.3. The molecule has 1 rings (SSSR count). The fraction of sp³-hybridized carbons (Fsp3) is 0.778. The van der Waals surface area contributed by atoms with E-state index >= 15 is 0 Å². The van der Waals surface area contributed by atoms with E-state index in [1.165, 1.54) is 64.0 Å². The number of hydrogen-bond acceptors (Lipinski definition) is 4. The summed E-state index contributed by atoms with van der Waals surface area (Å²) in [4.78, 5) is 8.38. The van der Waals surface area contributed by atoms with Crippen LogP contribution in [0.25, 0.3) is 0 Å². The van der Waals surface area contributed by atoms with Crippen LogP contribution >= 0.6 is 0 Å². The molecular weight excluding hydrogens is 427 g/mol. The zero-order chi connectivity index (χ0) is 18.1. The van der Waals surface area contributed by atoms with E-state index in [9.17, 15) is 8.42 Å². The van der Waals surface area contributed by atoms with Crippen LogP contribution in [0.3, 0.4) is 0 Å². The monoisotopic (exact) mass is 460 g/mol. The molecule has 1 aromatic rings. The van der Waals surface area contributed by atoms with Gasteiger partial charge in [-0.05, 0) is 0 Å². The molecule has 0 unspecified atom stereocenters. The van der Waals surface area contributed by atoms with Crippen LogP contribution in [-0.2, 0) is 9.84 Å². The second kappa shape index (κ2) is 10.7. The molecule has 0 saturated carbocycles. The summed E-state index contributed by atoms with van der Waals surface area (Å²) in [5.41, 5.74) is 0. The van der Waals surface area contributed by atoms with Gasteiger partial charge in [0.2, 0.25) is 0 Å². The van der Waals surface area contributed by atoms with Gasteiger partial charge in [0, 0.05) is 0 Å². The third kappa shape index (κ3) is 7.38. The maximum atomic E-state index is 11.8. The van der Waals surface area contributed by atoms with Crippen molar-refractivity contribution in [2.45, 2.75) is 87.1 Å². The Bertz CT molecular complexity index is 569. The Kier molecular flexibility index (Phi) is 9.78. The van der Waals surface area contributed by atoms with Crippen molar-refractivity contribution in [2.24, 2.45) is 0 Å². The first-order valence-corrected chi connectivity index (χ1v) is 13.9. The molecule has 24 heavy (non-hydrogen) atoms. The normalized spacial score (nSPS) is 12.5. The van der Waals surface area contributed by atoms with Crippen molar-refractivity contribution >= 4 is 34.7 Å². The molecule has 4 nitrogen and oxygen atoms in total. The number of unbranched alkanes of at least 4 members (excludes halogenated alkanes) is 3. The molecule has 0 atom stereocenters. The second-order valence-corrected chi connectivity index (χ2v) is 13.8. The fourth-order valence-corrected chi connectivity index (χ4v) is 8.76. The van der Waals surface area contributed by atoms with Crippen molar-refractivity contribution in [1.29, 1.82) is 0 Å². The molecule has 0 N–H and O–H groups in total. The molecular formula is C18H32N2O2SSn. The van der Waals surface area contributed by atoms with E-state index in [2.05, 4.69) is 30.7 Å².